The number of piperidine rings is 1. The van der Waals surface area contributed by atoms with Crippen LogP contribution in [0, 0.1) is 11.8 Å². The number of halogens is 2. The SMILES string of the molecule is CC(CC(=O)NC1CC(C)N(Cc2ccccc2)C1)C1CCNCC1.Cl.Cl. The first kappa shape index (κ1) is 24.2. The number of carbonyl (C=O) groups excluding carboxylic acids is 1. The molecular weight excluding hydrogens is 381 g/mol. The molecule has 1 aromatic rings. The average molecular weight is 416 g/mol. The standard InChI is InChI=1S/C21H33N3O.2ClH/c1-16(19-8-10-22-11-9-19)12-21(25)23-20-13-17(2)24(15-20)14-18-6-4-3-5-7-18;;/h3-7,16-17,19-20,22H,8-15H2,1-2H3,(H,23,25);2*1H. The maximum absolute atomic E-state index is 12.5. The van der Waals surface area contributed by atoms with Gasteiger partial charge in [0.15, 0.2) is 0 Å². The Hall–Kier alpha value is -0.810. The number of rotatable bonds is 6. The Morgan fingerprint density at radius 3 is 2.56 bits per heavy atom. The van der Waals surface area contributed by atoms with Crippen molar-refractivity contribution in [1.29, 1.82) is 0 Å². The first-order valence-corrected chi connectivity index (χ1v) is 9.90. The third-order valence-electron chi connectivity index (χ3n) is 5.99. The molecule has 2 aliphatic rings. The molecule has 2 fully saturated rings. The van der Waals surface area contributed by atoms with Crippen molar-refractivity contribution >= 4 is 30.7 Å². The van der Waals surface area contributed by atoms with Crippen LogP contribution in [0.25, 0.3) is 0 Å². The van der Waals surface area contributed by atoms with E-state index in [9.17, 15) is 4.79 Å². The van der Waals surface area contributed by atoms with E-state index in [1.165, 1.54) is 18.4 Å². The molecule has 27 heavy (non-hydrogen) atoms. The minimum atomic E-state index is 0. The van der Waals surface area contributed by atoms with Gasteiger partial charge < -0.3 is 10.6 Å². The number of likely N-dealkylation sites (tertiary alicyclic amines) is 1. The van der Waals surface area contributed by atoms with Crippen LogP contribution in [0.2, 0.25) is 0 Å². The monoisotopic (exact) mass is 415 g/mol. The minimum absolute atomic E-state index is 0. The molecule has 4 nitrogen and oxygen atoms in total. The van der Waals surface area contributed by atoms with Gasteiger partial charge in [0.25, 0.3) is 0 Å². The third-order valence-corrected chi connectivity index (χ3v) is 5.99. The molecule has 2 aliphatic heterocycles. The molecule has 0 aliphatic carbocycles. The van der Waals surface area contributed by atoms with E-state index < -0.39 is 0 Å². The van der Waals surface area contributed by atoms with Gasteiger partial charge in [0.05, 0.1) is 0 Å². The Labute approximate surface area is 176 Å². The zero-order chi connectivity index (χ0) is 17.6. The molecule has 0 bridgehead atoms. The number of nitrogens with zero attached hydrogens (tertiary/aromatic N) is 1. The summed E-state index contributed by atoms with van der Waals surface area (Å²) in [5, 5.41) is 6.70. The third kappa shape index (κ3) is 7.26. The summed E-state index contributed by atoms with van der Waals surface area (Å²) < 4.78 is 0. The molecule has 3 rings (SSSR count). The fourth-order valence-corrected chi connectivity index (χ4v) is 4.40. The van der Waals surface area contributed by atoms with Crippen LogP contribution in [0.5, 0.6) is 0 Å². The van der Waals surface area contributed by atoms with Gasteiger partial charge in [0.2, 0.25) is 5.91 Å². The summed E-state index contributed by atoms with van der Waals surface area (Å²) in [6.07, 6.45) is 4.15. The van der Waals surface area contributed by atoms with Crippen molar-refractivity contribution in [2.75, 3.05) is 19.6 Å². The lowest BCUT2D eigenvalue weighted by Crippen LogP contribution is -2.39. The zero-order valence-corrected chi connectivity index (χ0v) is 18.2. The minimum Gasteiger partial charge on any atom is -0.352 e. The van der Waals surface area contributed by atoms with E-state index >= 15 is 0 Å². The van der Waals surface area contributed by atoms with Crippen LogP contribution in [-0.4, -0.2) is 42.5 Å². The molecule has 1 aromatic carbocycles. The maximum atomic E-state index is 12.5. The lowest BCUT2D eigenvalue weighted by molar-refractivity contribution is -0.123. The molecule has 0 radical (unpaired) electrons. The number of carbonyl (C=O) groups is 1. The lowest BCUT2D eigenvalue weighted by atomic mass is 9.84. The molecule has 3 atom stereocenters. The van der Waals surface area contributed by atoms with Gasteiger partial charge >= 0.3 is 0 Å². The summed E-state index contributed by atoms with van der Waals surface area (Å²) >= 11 is 0. The lowest BCUT2D eigenvalue weighted by Gasteiger charge is -2.28. The number of hydrogen-bond acceptors (Lipinski definition) is 3. The van der Waals surface area contributed by atoms with E-state index in [0.29, 0.717) is 30.3 Å². The van der Waals surface area contributed by atoms with Crippen molar-refractivity contribution in [3.8, 4) is 0 Å². The van der Waals surface area contributed by atoms with Crippen LogP contribution < -0.4 is 10.6 Å². The van der Waals surface area contributed by atoms with Crippen LogP contribution in [0.4, 0.5) is 0 Å². The van der Waals surface area contributed by atoms with Crippen LogP contribution in [0.3, 0.4) is 0 Å². The van der Waals surface area contributed by atoms with E-state index in [2.05, 4.69) is 59.7 Å². The summed E-state index contributed by atoms with van der Waals surface area (Å²) in [4.78, 5) is 15.0. The van der Waals surface area contributed by atoms with Crippen molar-refractivity contribution in [2.45, 2.75) is 58.2 Å². The highest BCUT2D eigenvalue weighted by molar-refractivity contribution is 5.85. The predicted octanol–water partition coefficient (Wildman–Crippen LogP) is 3.64. The van der Waals surface area contributed by atoms with Gasteiger partial charge in [-0.2, -0.15) is 0 Å². The van der Waals surface area contributed by atoms with E-state index in [1.54, 1.807) is 0 Å². The molecule has 0 saturated carbocycles. The second-order valence-electron chi connectivity index (χ2n) is 8.03. The van der Waals surface area contributed by atoms with E-state index in [0.717, 1.165) is 32.6 Å². The van der Waals surface area contributed by atoms with Crippen molar-refractivity contribution in [1.82, 2.24) is 15.5 Å². The van der Waals surface area contributed by atoms with Gasteiger partial charge in [0, 0.05) is 31.6 Å². The van der Waals surface area contributed by atoms with Gasteiger partial charge in [-0.1, -0.05) is 37.3 Å². The van der Waals surface area contributed by atoms with Crippen LogP contribution in [0.1, 0.15) is 45.1 Å². The number of nitrogens with one attached hydrogen (secondary N) is 2. The highest BCUT2D eigenvalue weighted by atomic mass is 35.5. The van der Waals surface area contributed by atoms with Gasteiger partial charge in [0.1, 0.15) is 0 Å². The quantitative estimate of drug-likeness (QED) is 0.745. The highest BCUT2D eigenvalue weighted by Gasteiger charge is 2.30. The summed E-state index contributed by atoms with van der Waals surface area (Å²) in [5.41, 5.74) is 1.35. The smallest absolute Gasteiger partial charge is 0.220 e. The van der Waals surface area contributed by atoms with Crippen LogP contribution in [-0.2, 0) is 11.3 Å². The fourth-order valence-electron chi connectivity index (χ4n) is 4.40. The summed E-state index contributed by atoms with van der Waals surface area (Å²) in [6.45, 7) is 8.65. The van der Waals surface area contributed by atoms with Gasteiger partial charge in [-0.15, -0.1) is 24.8 Å². The fraction of sp³-hybridized carbons (Fsp3) is 0.667. The van der Waals surface area contributed by atoms with Crippen LogP contribution in [0.15, 0.2) is 30.3 Å². The Morgan fingerprint density at radius 2 is 1.89 bits per heavy atom. The van der Waals surface area contributed by atoms with Gasteiger partial charge in [-0.25, -0.2) is 0 Å². The molecule has 3 unspecified atom stereocenters. The Kier molecular flexibility index (Phi) is 10.7. The van der Waals surface area contributed by atoms with Gasteiger partial charge in [-0.3, -0.25) is 9.69 Å². The summed E-state index contributed by atoms with van der Waals surface area (Å²) in [7, 11) is 0. The number of hydrogen-bond donors (Lipinski definition) is 2. The number of amides is 1. The van der Waals surface area contributed by atoms with E-state index in [1.807, 2.05) is 0 Å². The number of benzene rings is 1. The molecule has 154 valence electrons. The van der Waals surface area contributed by atoms with Crippen molar-refractivity contribution in [3.63, 3.8) is 0 Å². The second kappa shape index (κ2) is 11.9. The predicted molar refractivity (Wildman–Crippen MR) is 117 cm³/mol. The Morgan fingerprint density at radius 1 is 1.22 bits per heavy atom. The molecule has 6 heteroatoms. The van der Waals surface area contributed by atoms with Crippen molar-refractivity contribution in [3.05, 3.63) is 35.9 Å². The Bertz CT molecular complexity index is 552. The molecular formula is C21H35Cl2N3O. The Balaban J connectivity index is 0.00000182. The summed E-state index contributed by atoms with van der Waals surface area (Å²) in [5.74, 6) is 1.43. The topological polar surface area (TPSA) is 44.4 Å². The molecule has 0 spiro atoms. The zero-order valence-electron chi connectivity index (χ0n) is 16.5. The molecule has 1 amide bonds. The van der Waals surface area contributed by atoms with Crippen molar-refractivity contribution < 1.29 is 4.79 Å². The van der Waals surface area contributed by atoms with E-state index in [4.69, 9.17) is 0 Å². The normalized spacial score (nSPS) is 24.5. The van der Waals surface area contributed by atoms with Crippen molar-refractivity contribution in [2.24, 2.45) is 11.8 Å². The average Bonchev–Trinajstić information content (AvgIpc) is 2.95. The summed E-state index contributed by atoms with van der Waals surface area (Å²) in [6, 6.07) is 11.4. The van der Waals surface area contributed by atoms with Gasteiger partial charge in [-0.05, 0) is 56.7 Å². The molecule has 2 N–H and O–H groups in total. The van der Waals surface area contributed by atoms with Crippen LogP contribution >= 0.6 is 24.8 Å². The first-order chi connectivity index (χ1) is 12.1. The second-order valence-corrected chi connectivity index (χ2v) is 8.03. The highest BCUT2D eigenvalue weighted by Crippen LogP contribution is 2.25. The molecule has 2 saturated heterocycles. The van der Waals surface area contributed by atoms with E-state index in [-0.39, 0.29) is 30.7 Å². The maximum Gasteiger partial charge on any atom is 0.220 e. The largest absolute Gasteiger partial charge is 0.352 e. The first-order valence-electron chi connectivity index (χ1n) is 9.90. The molecule has 0 aromatic heterocycles. The molecule has 2 heterocycles.